The lowest BCUT2D eigenvalue weighted by molar-refractivity contribution is -0.132. The van der Waals surface area contributed by atoms with Gasteiger partial charge < -0.3 is 19.7 Å². The molecule has 1 unspecified atom stereocenters. The molecule has 2 saturated heterocycles. The van der Waals surface area contributed by atoms with Gasteiger partial charge in [0.1, 0.15) is 11.6 Å². The van der Waals surface area contributed by atoms with Crippen molar-refractivity contribution in [2.45, 2.75) is 19.3 Å². The zero-order valence-corrected chi connectivity index (χ0v) is 18.5. The quantitative estimate of drug-likeness (QED) is 0.732. The Bertz CT molecular complexity index is 977. The van der Waals surface area contributed by atoms with Crippen LogP contribution >= 0.6 is 0 Å². The summed E-state index contributed by atoms with van der Waals surface area (Å²) in [6, 6.07) is 7.24. The van der Waals surface area contributed by atoms with Gasteiger partial charge in [0.2, 0.25) is 5.91 Å². The molecule has 0 aliphatic carbocycles. The fourth-order valence-electron chi connectivity index (χ4n) is 4.09. The van der Waals surface area contributed by atoms with Gasteiger partial charge in [-0.05, 0) is 25.5 Å². The molecule has 1 atom stereocenters. The summed E-state index contributed by atoms with van der Waals surface area (Å²) in [4.78, 5) is 38.5. The Morgan fingerprint density at radius 3 is 2.75 bits per heavy atom. The van der Waals surface area contributed by atoms with Crippen molar-refractivity contribution in [2.24, 2.45) is 0 Å². The number of methoxy groups -OCH3 is 1. The highest BCUT2D eigenvalue weighted by Crippen LogP contribution is 2.26. The van der Waals surface area contributed by atoms with E-state index in [4.69, 9.17) is 9.47 Å². The molecule has 0 spiro atoms. The largest absolute Gasteiger partial charge is 0.495 e. The van der Waals surface area contributed by atoms with Crippen LogP contribution in [0.5, 0.6) is 5.75 Å². The molecule has 3 heterocycles. The molecular weight excluding hydrogens is 410 g/mol. The van der Waals surface area contributed by atoms with Gasteiger partial charge in [0.15, 0.2) is 0 Å². The van der Waals surface area contributed by atoms with Gasteiger partial charge in [-0.2, -0.15) is 0 Å². The third-order valence-electron chi connectivity index (χ3n) is 5.97. The molecule has 32 heavy (non-hydrogen) atoms. The van der Waals surface area contributed by atoms with E-state index >= 15 is 0 Å². The normalized spacial score (nSPS) is 19.1. The SMILES string of the molecule is COc1ccccc1NC(=O)c1cnc(C2CCN(C(=O)CN3CCOCC3)C2)nc1C. The summed E-state index contributed by atoms with van der Waals surface area (Å²) in [7, 11) is 1.56. The summed E-state index contributed by atoms with van der Waals surface area (Å²) in [5, 5.41) is 2.86. The van der Waals surface area contributed by atoms with Gasteiger partial charge in [-0.15, -0.1) is 0 Å². The van der Waals surface area contributed by atoms with Gasteiger partial charge in [-0.25, -0.2) is 9.97 Å². The number of para-hydroxylation sites is 2. The fraction of sp³-hybridized carbons (Fsp3) is 0.478. The van der Waals surface area contributed by atoms with E-state index < -0.39 is 0 Å². The smallest absolute Gasteiger partial charge is 0.259 e. The van der Waals surface area contributed by atoms with Crippen molar-refractivity contribution in [1.82, 2.24) is 19.8 Å². The molecule has 2 amide bonds. The van der Waals surface area contributed by atoms with Gasteiger partial charge in [0, 0.05) is 38.3 Å². The van der Waals surface area contributed by atoms with Crippen LogP contribution in [-0.4, -0.2) is 84.6 Å². The van der Waals surface area contributed by atoms with E-state index in [2.05, 4.69) is 20.2 Å². The summed E-state index contributed by atoms with van der Waals surface area (Å²) >= 11 is 0. The van der Waals surface area contributed by atoms with Gasteiger partial charge in [0.25, 0.3) is 5.91 Å². The van der Waals surface area contributed by atoms with Gasteiger partial charge in [-0.3, -0.25) is 14.5 Å². The van der Waals surface area contributed by atoms with E-state index in [1.165, 1.54) is 0 Å². The number of anilines is 1. The molecule has 2 fully saturated rings. The van der Waals surface area contributed by atoms with Crippen LogP contribution in [-0.2, 0) is 9.53 Å². The molecule has 1 aromatic carbocycles. The third kappa shape index (κ3) is 5.05. The highest BCUT2D eigenvalue weighted by Gasteiger charge is 2.30. The number of amides is 2. The van der Waals surface area contributed by atoms with Crippen molar-refractivity contribution in [1.29, 1.82) is 0 Å². The highest BCUT2D eigenvalue weighted by atomic mass is 16.5. The zero-order valence-electron chi connectivity index (χ0n) is 18.5. The Hall–Kier alpha value is -3.04. The number of likely N-dealkylation sites (tertiary alicyclic amines) is 1. The van der Waals surface area contributed by atoms with E-state index in [-0.39, 0.29) is 17.7 Å². The lowest BCUT2D eigenvalue weighted by Crippen LogP contribution is -2.44. The monoisotopic (exact) mass is 439 g/mol. The number of aryl methyl sites for hydroxylation is 1. The minimum Gasteiger partial charge on any atom is -0.495 e. The lowest BCUT2D eigenvalue weighted by atomic mass is 10.1. The number of morpholine rings is 1. The molecule has 2 aromatic rings. The first kappa shape index (κ1) is 22.2. The molecule has 0 bridgehead atoms. The van der Waals surface area contributed by atoms with Crippen molar-refractivity contribution < 1.29 is 19.1 Å². The van der Waals surface area contributed by atoms with Crippen LogP contribution in [0.2, 0.25) is 0 Å². The minimum absolute atomic E-state index is 0.0775. The van der Waals surface area contributed by atoms with Gasteiger partial charge in [-0.1, -0.05) is 12.1 Å². The number of carbonyl (C=O) groups excluding carboxylic acids is 2. The molecule has 1 N–H and O–H groups in total. The van der Waals surface area contributed by atoms with Crippen molar-refractivity contribution in [2.75, 3.05) is 58.4 Å². The molecule has 0 saturated carbocycles. The number of hydrogen-bond acceptors (Lipinski definition) is 7. The summed E-state index contributed by atoms with van der Waals surface area (Å²) in [6.07, 6.45) is 2.39. The number of benzene rings is 1. The maximum absolute atomic E-state index is 12.8. The number of carbonyl (C=O) groups is 2. The highest BCUT2D eigenvalue weighted by molar-refractivity contribution is 6.05. The molecule has 1 aromatic heterocycles. The molecular formula is C23H29N5O4. The molecule has 9 nitrogen and oxygen atoms in total. The average Bonchev–Trinajstić information content (AvgIpc) is 3.30. The van der Waals surface area contributed by atoms with E-state index in [9.17, 15) is 9.59 Å². The number of nitrogens with one attached hydrogen (secondary N) is 1. The van der Waals surface area contributed by atoms with Crippen molar-refractivity contribution in [3.8, 4) is 5.75 Å². The van der Waals surface area contributed by atoms with E-state index in [0.717, 1.165) is 19.5 Å². The zero-order chi connectivity index (χ0) is 22.5. The predicted molar refractivity (Wildman–Crippen MR) is 119 cm³/mol. The fourth-order valence-corrected chi connectivity index (χ4v) is 4.09. The standard InChI is InChI=1S/C23H29N5O4/c1-16-18(23(30)26-19-5-3-4-6-20(19)31-2)13-24-22(25-16)17-7-8-28(14-17)21(29)15-27-9-11-32-12-10-27/h3-6,13,17H,7-12,14-15H2,1-2H3,(H,26,30). The first-order chi connectivity index (χ1) is 15.5. The lowest BCUT2D eigenvalue weighted by Gasteiger charge is -2.28. The van der Waals surface area contributed by atoms with Crippen LogP contribution in [0, 0.1) is 6.92 Å². The number of nitrogens with zero attached hydrogens (tertiary/aromatic N) is 4. The molecule has 2 aliphatic heterocycles. The Morgan fingerprint density at radius 1 is 1.22 bits per heavy atom. The summed E-state index contributed by atoms with van der Waals surface area (Å²) in [6.45, 7) is 6.49. The van der Waals surface area contributed by atoms with Crippen molar-refractivity contribution in [3.63, 3.8) is 0 Å². The molecule has 2 aliphatic rings. The summed E-state index contributed by atoms with van der Waals surface area (Å²) in [5.41, 5.74) is 1.62. The average molecular weight is 440 g/mol. The Morgan fingerprint density at radius 2 is 2.00 bits per heavy atom. The number of hydrogen-bond donors (Lipinski definition) is 1. The molecule has 4 rings (SSSR count). The molecule has 0 radical (unpaired) electrons. The summed E-state index contributed by atoms with van der Waals surface area (Å²) < 4.78 is 10.6. The summed E-state index contributed by atoms with van der Waals surface area (Å²) in [5.74, 6) is 1.20. The van der Waals surface area contributed by atoms with Crippen LogP contribution < -0.4 is 10.1 Å². The second kappa shape index (κ2) is 10.1. The number of rotatable bonds is 6. The molecule has 170 valence electrons. The topological polar surface area (TPSA) is 96.9 Å². The first-order valence-corrected chi connectivity index (χ1v) is 10.9. The van der Waals surface area contributed by atoms with Crippen LogP contribution in [0.4, 0.5) is 5.69 Å². The van der Waals surface area contributed by atoms with Crippen LogP contribution in [0.1, 0.15) is 34.2 Å². The van der Waals surface area contributed by atoms with E-state index in [1.54, 1.807) is 32.4 Å². The minimum atomic E-state index is -0.285. The maximum Gasteiger partial charge on any atom is 0.259 e. The Kier molecular flexibility index (Phi) is 6.96. The molecule has 9 heteroatoms. The van der Waals surface area contributed by atoms with Crippen LogP contribution in [0.3, 0.4) is 0 Å². The van der Waals surface area contributed by atoms with E-state index in [0.29, 0.717) is 61.4 Å². The van der Waals surface area contributed by atoms with Crippen LogP contribution in [0.15, 0.2) is 30.5 Å². The number of ether oxygens (including phenoxy) is 2. The maximum atomic E-state index is 12.8. The van der Waals surface area contributed by atoms with Crippen molar-refractivity contribution >= 4 is 17.5 Å². The first-order valence-electron chi connectivity index (χ1n) is 10.9. The van der Waals surface area contributed by atoms with Gasteiger partial charge >= 0.3 is 0 Å². The Balaban J connectivity index is 1.37. The third-order valence-corrected chi connectivity index (χ3v) is 5.97. The Labute approximate surface area is 187 Å². The predicted octanol–water partition coefficient (Wildman–Crippen LogP) is 1.69. The second-order valence-corrected chi connectivity index (χ2v) is 8.10. The van der Waals surface area contributed by atoms with Gasteiger partial charge in [0.05, 0.1) is 43.8 Å². The van der Waals surface area contributed by atoms with Crippen LogP contribution in [0.25, 0.3) is 0 Å². The van der Waals surface area contributed by atoms with Crippen molar-refractivity contribution in [3.05, 3.63) is 47.5 Å². The van der Waals surface area contributed by atoms with E-state index in [1.807, 2.05) is 17.0 Å². The second-order valence-electron chi connectivity index (χ2n) is 8.10. The number of aromatic nitrogens is 2.